The molecule has 0 saturated carbocycles. The quantitative estimate of drug-likeness (QED) is 0.0842. The van der Waals surface area contributed by atoms with Crippen molar-refractivity contribution in [3.63, 3.8) is 0 Å². The fraction of sp³-hybridized carbons (Fsp3) is 0.471. The summed E-state index contributed by atoms with van der Waals surface area (Å²) >= 11 is 11.5. The highest BCUT2D eigenvalue weighted by Gasteiger charge is 2.24. The number of rotatable bonds is 16. The van der Waals surface area contributed by atoms with Crippen molar-refractivity contribution in [3.05, 3.63) is 52.7 Å². The Bertz CT molecular complexity index is 1450. The van der Waals surface area contributed by atoms with E-state index in [1.807, 2.05) is 24.3 Å². The Morgan fingerprint density at radius 3 is 1.40 bits per heavy atom. The van der Waals surface area contributed by atoms with Crippen molar-refractivity contribution >= 4 is 77.3 Å². The summed E-state index contributed by atoms with van der Waals surface area (Å²) in [6, 6.07) is 8.07. The lowest BCUT2D eigenvalue weighted by atomic mass is 10.0. The van der Waals surface area contributed by atoms with E-state index in [9.17, 15) is 0 Å². The van der Waals surface area contributed by atoms with E-state index in [-0.39, 0.29) is 0 Å². The number of hydrogen-bond donors (Lipinski definition) is 0. The van der Waals surface area contributed by atoms with Gasteiger partial charge in [-0.25, -0.2) is 0 Å². The number of halogens is 2. The highest BCUT2D eigenvalue weighted by atomic mass is 79.9. The van der Waals surface area contributed by atoms with Gasteiger partial charge in [0, 0.05) is 0 Å². The topological polar surface area (TPSA) is 44.2 Å². The van der Waals surface area contributed by atoms with E-state index in [4.69, 9.17) is 9.47 Å². The molecular formula is C34H38Br2N2O2S3. The Hall–Kier alpha value is -1.88. The molecular weight excluding hydrogens is 724 g/mol. The van der Waals surface area contributed by atoms with Crippen molar-refractivity contribution in [3.8, 4) is 35.2 Å². The van der Waals surface area contributed by atoms with Crippen molar-refractivity contribution in [2.75, 3.05) is 13.2 Å². The van der Waals surface area contributed by atoms with E-state index in [0.717, 1.165) is 65.2 Å². The van der Waals surface area contributed by atoms with Gasteiger partial charge in [-0.05, 0) is 69.0 Å². The number of fused-ring (bicyclic) bond motifs is 1. The lowest BCUT2D eigenvalue weighted by Gasteiger charge is -2.17. The third kappa shape index (κ3) is 10.6. The molecule has 4 aromatic rings. The van der Waals surface area contributed by atoms with Crippen LogP contribution in [0.1, 0.15) is 112 Å². The molecule has 0 unspecified atom stereocenters. The number of unbranched alkanes of at least 4 members (excludes halogenated alkanes) is 10. The highest BCUT2D eigenvalue weighted by Crippen LogP contribution is 2.41. The van der Waals surface area contributed by atoms with Gasteiger partial charge in [-0.2, -0.15) is 8.75 Å². The van der Waals surface area contributed by atoms with Gasteiger partial charge in [0.1, 0.15) is 11.0 Å². The number of thiophene rings is 2. The van der Waals surface area contributed by atoms with E-state index < -0.39 is 0 Å². The molecule has 0 radical (unpaired) electrons. The summed E-state index contributed by atoms with van der Waals surface area (Å²) in [5.74, 6) is 14.7. The van der Waals surface area contributed by atoms with Crippen LogP contribution in [0.4, 0.5) is 0 Å². The van der Waals surface area contributed by atoms with Gasteiger partial charge >= 0.3 is 0 Å². The van der Waals surface area contributed by atoms with Crippen LogP contribution in [0.2, 0.25) is 0 Å². The lowest BCUT2D eigenvalue weighted by Crippen LogP contribution is -2.07. The summed E-state index contributed by atoms with van der Waals surface area (Å²) in [5.41, 5.74) is 2.88. The molecule has 0 bridgehead atoms. The van der Waals surface area contributed by atoms with Crippen LogP contribution in [-0.4, -0.2) is 22.0 Å². The second-order valence-electron chi connectivity index (χ2n) is 10.3. The smallest absolute Gasteiger partial charge is 0.180 e. The molecule has 4 nitrogen and oxygen atoms in total. The van der Waals surface area contributed by atoms with Crippen LogP contribution in [0, 0.1) is 23.7 Å². The first-order chi connectivity index (χ1) is 21.1. The van der Waals surface area contributed by atoms with Gasteiger partial charge < -0.3 is 9.47 Å². The van der Waals surface area contributed by atoms with E-state index in [1.54, 1.807) is 22.7 Å². The largest absolute Gasteiger partial charge is 0.488 e. The molecule has 4 rings (SSSR count). The summed E-state index contributed by atoms with van der Waals surface area (Å²) in [5, 5.41) is 0. The average Bonchev–Trinajstić information content (AvgIpc) is 3.76. The summed E-state index contributed by atoms with van der Waals surface area (Å²) in [6.07, 6.45) is 14.3. The minimum Gasteiger partial charge on any atom is -0.488 e. The first-order valence-corrected chi connectivity index (χ1v) is 19.2. The van der Waals surface area contributed by atoms with Crippen LogP contribution in [0.5, 0.6) is 11.5 Å². The van der Waals surface area contributed by atoms with E-state index in [1.165, 1.54) is 63.1 Å². The first-order valence-electron chi connectivity index (χ1n) is 15.2. The molecule has 0 aliphatic rings. The number of hydrogen-bond acceptors (Lipinski definition) is 7. The van der Waals surface area contributed by atoms with E-state index >= 15 is 0 Å². The monoisotopic (exact) mass is 760 g/mol. The molecule has 1 aromatic carbocycles. The van der Waals surface area contributed by atoms with Gasteiger partial charge in [0.15, 0.2) is 11.5 Å². The maximum Gasteiger partial charge on any atom is 0.180 e. The maximum absolute atomic E-state index is 6.58. The van der Waals surface area contributed by atoms with E-state index in [2.05, 4.69) is 78.1 Å². The van der Waals surface area contributed by atoms with Gasteiger partial charge in [-0.3, -0.25) is 0 Å². The highest BCUT2D eigenvalue weighted by molar-refractivity contribution is 9.11. The number of aromatic nitrogens is 2. The second kappa shape index (κ2) is 18.8. The van der Waals surface area contributed by atoms with Gasteiger partial charge in [-0.1, -0.05) is 102 Å². The normalized spacial score (nSPS) is 10.8. The molecule has 0 spiro atoms. The Morgan fingerprint density at radius 1 is 0.581 bits per heavy atom. The zero-order chi connectivity index (χ0) is 30.3. The first kappa shape index (κ1) is 34.0. The van der Waals surface area contributed by atoms with Gasteiger partial charge in [0.25, 0.3) is 0 Å². The molecule has 0 aliphatic carbocycles. The fourth-order valence-corrected chi connectivity index (χ4v) is 7.63. The van der Waals surface area contributed by atoms with Crippen molar-refractivity contribution in [1.82, 2.24) is 8.75 Å². The van der Waals surface area contributed by atoms with Crippen molar-refractivity contribution in [2.45, 2.75) is 90.9 Å². The minimum atomic E-state index is 0.590. The fourth-order valence-electron chi connectivity index (χ4n) is 4.59. The summed E-state index contributed by atoms with van der Waals surface area (Å²) < 4.78 is 24.6. The van der Waals surface area contributed by atoms with Crippen LogP contribution >= 0.6 is 66.3 Å². The van der Waals surface area contributed by atoms with Gasteiger partial charge in [0.2, 0.25) is 0 Å². The third-order valence-corrected chi connectivity index (χ3v) is 10.5. The SMILES string of the molecule is CCCCCCCCOc1c(OCCCCCCCC)c(C#Cc2ccc(Br)s2)c2nsnc2c1C#Cc1ccc(Br)s1. The van der Waals surface area contributed by atoms with Crippen LogP contribution in [0.25, 0.3) is 11.0 Å². The summed E-state index contributed by atoms with van der Waals surface area (Å²) in [6.45, 7) is 5.67. The van der Waals surface area contributed by atoms with Crippen LogP contribution in [0.15, 0.2) is 31.8 Å². The molecule has 0 N–H and O–H groups in total. The average molecular weight is 763 g/mol. The Balaban J connectivity index is 1.72. The molecule has 0 amide bonds. The molecule has 43 heavy (non-hydrogen) atoms. The standard InChI is InChI=1S/C34H38Br2N2O2S3/c1-3-5-7-9-11-13-23-39-33-27(19-15-25-17-21-29(35)41-25)31-32(38-43-37-31)28(20-16-26-18-22-30(36)42-26)34(33)40-24-14-12-10-8-6-4-2/h17-18,21-22H,3-14,23-24H2,1-2H3. The molecule has 0 saturated heterocycles. The lowest BCUT2D eigenvalue weighted by molar-refractivity contribution is 0.258. The molecule has 0 atom stereocenters. The van der Waals surface area contributed by atoms with Gasteiger partial charge in [-0.15, -0.1) is 22.7 Å². The van der Waals surface area contributed by atoms with Crippen molar-refractivity contribution in [2.24, 2.45) is 0 Å². The number of nitrogens with zero attached hydrogens (tertiary/aromatic N) is 2. The summed E-state index contributed by atoms with van der Waals surface area (Å²) in [7, 11) is 0. The second-order valence-corrected chi connectivity index (χ2v) is 15.8. The molecule has 3 heterocycles. The number of benzene rings is 1. The molecule has 3 aromatic heterocycles. The maximum atomic E-state index is 6.58. The third-order valence-electron chi connectivity index (χ3n) is 6.88. The predicted octanol–water partition coefficient (Wildman–Crippen LogP) is 11.6. The van der Waals surface area contributed by atoms with Crippen molar-refractivity contribution in [1.29, 1.82) is 0 Å². The summed E-state index contributed by atoms with van der Waals surface area (Å²) in [4.78, 5) is 1.93. The van der Waals surface area contributed by atoms with Crippen LogP contribution in [0.3, 0.4) is 0 Å². The minimum absolute atomic E-state index is 0.590. The van der Waals surface area contributed by atoms with Crippen LogP contribution in [-0.2, 0) is 0 Å². The van der Waals surface area contributed by atoms with Gasteiger partial charge in [0.05, 0.1) is 53.4 Å². The zero-order valence-electron chi connectivity index (χ0n) is 24.9. The predicted molar refractivity (Wildman–Crippen MR) is 191 cm³/mol. The molecule has 228 valence electrons. The molecule has 9 heteroatoms. The van der Waals surface area contributed by atoms with Crippen molar-refractivity contribution < 1.29 is 9.47 Å². The Kier molecular flexibility index (Phi) is 14.9. The Morgan fingerprint density at radius 2 is 1.00 bits per heavy atom. The van der Waals surface area contributed by atoms with E-state index in [0.29, 0.717) is 24.7 Å². The molecule has 0 aliphatic heterocycles. The van der Waals surface area contributed by atoms with Crippen LogP contribution < -0.4 is 9.47 Å². The Labute approximate surface area is 285 Å². The molecule has 0 fully saturated rings. The number of ether oxygens (including phenoxy) is 2. The zero-order valence-corrected chi connectivity index (χ0v) is 30.5.